The lowest BCUT2D eigenvalue weighted by molar-refractivity contribution is 0.0601. The monoisotopic (exact) mass is 242 g/mol. The van der Waals surface area contributed by atoms with E-state index in [1.807, 2.05) is 0 Å². The molecule has 1 aromatic carbocycles. The van der Waals surface area contributed by atoms with Crippen molar-refractivity contribution in [2.45, 2.75) is 0 Å². The van der Waals surface area contributed by atoms with Crippen LogP contribution in [0, 0.1) is 0 Å². The molecule has 2 aromatic heterocycles. The van der Waals surface area contributed by atoms with Crippen LogP contribution in [0.25, 0.3) is 16.4 Å². The van der Waals surface area contributed by atoms with Crippen LogP contribution in [0.5, 0.6) is 0 Å². The van der Waals surface area contributed by atoms with Crippen molar-refractivity contribution < 1.29 is 9.53 Å². The standard InChI is InChI=1S/C12H10N4O2/c1-18-11(17)7-2-3-9-8(4-7)10-5-14-6-16(10)12(13)15-9/h2-6H,1H3,(H2,13,15). The minimum absolute atomic E-state index is 0.362. The third-order valence-corrected chi connectivity index (χ3v) is 2.81. The van der Waals surface area contributed by atoms with E-state index < -0.39 is 0 Å². The predicted molar refractivity (Wildman–Crippen MR) is 66.2 cm³/mol. The summed E-state index contributed by atoms with van der Waals surface area (Å²) in [5.74, 6) is -0.0211. The molecule has 2 heterocycles. The first-order chi connectivity index (χ1) is 8.70. The Labute approximate surface area is 102 Å². The molecule has 18 heavy (non-hydrogen) atoms. The lowest BCUT2D eigenvalue weighted by Gasteiger charge is -2.05. The van der Waals surface area contributed by atoms with Gasteiger partial charge < -0.3 is 10.5 Å². The molecule has 0 bridgehead atoms. The van der Waals surface area contributed by atoms with Crippen molar-refractivity contribution in [3.05, 3.63) is 36.3 Å². The van der Waals surface area contributed by atoms with Crippen LogP contribution in [0.15, 0.2) is 30.7 Å². The average Bonchev–Trinajstić information content (AvgIpc) is 2.88. The van der Waals surface area contributed by atoms with Gasteiger partial charge in [-0.1, -0.05) is 0 Å². The number of rotatable bonds is 1. The van der Waals surface area contributed by atoms with Crippen molar-refractivity contribution in [1.82, 2.24) is 14.4 Å². The molecule has 2 N–H and O–H groups in total. The molecule has 0 saturated carbocycles. The number of imidazole rings is 1. The highest BCUT2D eigenvalue weighted by molar-refractivity contribution is 6.00. The summed E-state index contributed by atoms with van der Waals surface area (Å²) in [5, 5.41) is 0.810. The highest BCUT2D eigenvalue weighted by atomic mass is 16.5. The smallest absolute Gasteiger partial charge is 0.337 e. The minimum atomic E-state index is -0.383. The Hall–Kier alpha value is -2.63. The summed E-state index contributed by atoms with van der Waals surface area (Å²) in [7, 11) is 1.35. The summed E-state index contributed by atoms with van der Waals surface area (Å²) in [6.07, 6.45) is 3.27. The zero-order valence-electron chi connectivity index (χ0n) is 9.62. The Morgan fingerprint density at radius 3 is 3.06 bits per heavy atom. The zero-order chi connectivity index (χ0) is 12.7. The number of anilines is 1. The molecule has 3 aromatic rings. The van der Waals surface area contributed by atoms with Crippen molar-refractivity contribution >= 4 is 28.3 Å². The molecular weight excluding hydrogens is 232 g/mol. The Kier molecular flexibility index (Phi) is 2.16. The highest BCUT2D eigenvalue weighted by Crippen LogP contribution is 2.22. The summed E-state index contributed by atoms with van der Waals surface area (Å²) < 4.78 is 6.37. The second kappa shape index (κ2) is 3.69. The Morgan fingerprint density at radius 2 is 2.28 bits per heavy atom. The number of nitrogens with two attached hydrogens (primary N) is 1. The maximum atomic E-state index is 11.5. The first-order valence-corrected chi connectivity index (χ1v) is 5.30. The Bertz CT molecular complexity index is 763. The van der Waals surface area contributed by atoms with Crippen molar-refractivity contribution in [2.24, 2.45) is 0 Å². The number of carbonyl (C=O) groups is 1. The number of hydrogen-bond donors (Lipinski definition) is 1. The molecule has 6 nitrogen and oxygen atoms in total. The molecule has 0 aliphatic carbocycles. The van der Waals surface area contributed by atoms with Gasteiger partial charge in [0.2, 0.25) is 5.95 Å². The van der Waals surface area contributed by atoms with Gasteiger partial charge >= 0.3 is 5.97 Å². The first-order valence-electron chi connectivity index (χ1n) is 5.30. The number of nitrogen functional groups attached to an aromatic ring is 1. The van der Waals surface area contributed by atoms with Crippen LogP contribution in [-0.2, 0) is 4.74 Å². The number of methoxy groups -OCH3 is 1. The van der Waals surface area contributed by atoms with Crippen LogP contribution in [0.2, 0.25) is 0 Å². The third-order valence-electron chi connectivity index (χ3n) is 2.81. The SMILES string of the molecule is COC(=O)c1ccc2nc(N)n3cncc3c2c1. The van der Waals surface area contributed by atoms with Crippen molar-refractivity contribution in [1.29, 1.82) is 0 Å². The van der Waals surface area contributed by atoms with Gasteiger partial charge in [-0.3, -0.25) is 4.40 Å². The fourth-order valence-corrected chi connectivity index (χ4v) is 1.94. The van der Waals surface area contributed by atoms with Gasteiger partial charge in [-0.25, -0.2) is 14.8 Å². The summed E-state index contributed by atoms with van der Waals surface area (Å²) in [4.78, 5) is 19.8. The van der Waals surface area contributed by atoms with E-state index in [0.717, 1.165) is 10.9 Å². The lowest BCUT2D eigenvalue weighted by atomic mass is 10.1. The largest absolute Gasteiger partial charge is 0.465 e. The topological polar surface area (TPSA) is 82.5 Å². The molecule has 0 aliphatic rings. The summed E-state index contributed by atoms with van der Waals surface area (Å²) in [6, 6.07) is 5.13. The molecule has 3 rings (SSSR count). The molecular formula is C12H10N4O2. The number of aromatic nitrogens is 3. The summed E-state index contributed by atoms with van der Waals surface area (Å²) in [6.45, 7) is 0. The van der Waals surface area contributed by atoms with Crippen LogP contribution < -0.4 is 5.73 Å². The van der Waals surface area contributed by atoms with Gasteiger partial charge in [0.15, 0.2) is 0 Å². The minimum Gasteiger partial charge on any atom is -0.465 e. The van der Waals surface area contributed by atoms with E-state index >= 15 is 0 Å². The fraction of sp³-hybridized carbons (Fsp3) is 0.0833. The van der Waals surface area contributed by atoms with E-state index in [1.165, 1.54) is 7.11 Å². The van der Waals surface area contributed by atoms with E-state index in [1.54, 1.807) is 35.1 Å². The van der Waals surface area contributed by atoms with Crippen molar-refractivity contribution in [2.75, 3.05) is 12.8 Å². The van der Waals surface area contributed by atoms with Crippen LogP contribution in [0.1, 0.15) is 10.4 Å². The van der Waals surface area contributed by atoms with Gasteiger partial charge in [-0.15, -0.1) is 0 Å². The summed E-state index contributed by atoms with van der Waals surface area (Å²) >= 11 is 0. The van der Waals surface area contributed by atoms with Crippen LogP contribution in [-0.4, -0.2) is 27.4 Å². The average molecular weight is 242 g/mol. The van der Waals surface area contributed by atoms with Gasteiger partial charge in [-0.2, -0.15) is 0 Å². The van der Waals surface area contributed by atoms with E-state index in [4.69, 9.17) is 10.5 Å². The number of benzene rings is 1. The molecule has 0 amide bonds. The Balaban J connectivity index is 2.38. The number of hydrogen-bond acceptors (Lipinski definition) is 5. The van der Waals surface area contributed by atoms with Crippen molar-refractivity contribution in [3.8, 4) is 0 Å². The number of esters is 1. The molecule has 0 spiro atoms. The molecule has 90 valence electrons. The summed E-state index contributed by atoms with van der Waals surface area (Å²) in [5.41, 5.74) is 7.81. The second-order valence-corrected chi connectivity index (χ2v) is 3.84. The van der Waals surface area contributed by atoms with Gasteiger partial charge in [-0.05, 0) is 18.2 Å². The quantitative estimate of drug-likeness (QED) is 0.649. The molecule has 0 radical (unpaired) electrons. The van der Waals surface area contributed by atoms with E-state index in [0.29, 0.717) is 17.0 Å². The molecule has 0 aliphatic heterocycles. The number of carbonyl (C=O) groups excluding carboxylic acids is 1. The number of nitrogens with zero attached hydrogens (tertiary/aromatic N) is 3. The van der Waals surface area contributed by atoms with E-state index in [9.17, 15) is 4.79 Å². The number of fused-ring (bicyclic) bond motifs is 3. The van der Waals surface area contributed by atoms with E-state index in [2.05, 4.69) is 9.97 Å². The first kappa shape index (κ1) is 10.5. The third kappa shape index (κ3) is 1.39. The maximum absolute atomic E-state index is 11.5. The highest BCUT2D eigenvalue weighted by Gasteiger charge is 2.10. The normalized spacial score (nSPS) is 10.9. The molecule has 6 heteroatoms. The zero-order valence-corrected chi connectivity index (χ0v) is 9.62. The lowest BCUT2D eigenvalue weighted by Crippen LogP contribution is -2.03. The van der Waals surface area contributed by atoms with Crippen LogP contribution >= 0.6 is 0 Å². The number of ether oxygens (including phenoxy) is 1. The van der Waals surface area contributed by atoms with Crippen LogP contribution in [0.3, 0.4) is 0 Å². The predicted octanol–water partition coefficient (Wildman–Crippen LogP) is 1.25. The van der Waals surface area contributed by atoms with Gasteiger partial charge in [0.05, 0.1) is 29.9 Å². The second-order valence-electron chi connectivity index (χ2n) is 3.84. The van der Waals surface area contributed by atoms with Crippen LogP contribution in [0.4, 0.5) is 5.95 Å². The van der Waals surface area contributed by atoms with Gasteiger partial charge in [0, 0.05) is 5.39 Å². The molecule has 0 atom stereocenters. The van der Waals surface area contributed by atoms with Gasteiger partial charge in [0.1, 0.15) is 6.33 Å². The molecule has 0 fully saturated rings. The van der Waals surface area contributed by atoms with Crippen molar-refractivity contribution in [3.63, 3.8) is 0 Å². The Morgan fingerprint density at radius 1 is 1.44 bits per heavy atom. The maximum Gasteiger partial charge on any atom is 0.337 e. The fourth-order valence-electron chi connectivity index (χ4n) is 1.94. The molecule has 0 unspecified atom stereocenters. The van der Waals surface area contributed by atoms with Gasteiger partial charge in [0.25, 0.3) is 0 Å². The molecule has 0 saturated heterocycles. The van der Waals surface area contributed by atoms with E-state index in [-0.39, 0.29) is 5.97 Å².